The van der Waals surface area contributed by atoms with Crippen molar-refractivity contribution in [1.82, 2.24) is 9.88 Å². The average Bonchev–Trinajstić information content (AvgIpc) is 2.48. The number of carbonyl (C=O) groups excluding carboxylic acids is 1. The van der Waals surface area contributed by atoms with Gasteiger partial charge in [0.1, 0.15) is 5.82 Å². The minimum Gasteiger partial charge on any atom is -0.450 e. The van der Waals surface area contributed by atoms with Crippen LogP contribution in [0.2, 0.25) is 0 Å². The van der Waals surface area contributed by atoms with Crippen molar-refractivity contribution < 1.29 is 14.6 Å². The number of hydrogen-bond donors (Lipinski definition) is 1. The molecule has 0 radical (unpaired) electrons. The fourth-order valence-electron chi connectivity index (χ4n) is 2.20. The summed E-state index contributed by atoms with van der Waals surface area (Å²) in [4.78, 5) is 19.8. The SMILES string of the molecule is CCOC(=O)N1CCN(c2cc(C(C)O)ccn2)CC1. The third-order valence-corrected chi connectivity index (χ3v) is 3.38. The Morgan fingerprint density at radius 1 is 1.45 bits per heavy atom. The molecule has 1 fully saturated rings. The predicted octanol–water partition coefficient (Wildman–Crippen LogP) is 1.41. The summed E-state index contributed by atoms with van der Waals surface area (Å²) < 4.78 is 4.99. The van der Waals surface area contributed by atoms with Crippen LogP contribution in [-0.4, -0.2) is 53.9 Å². The van der Waals surface area contributed by atoms with Crippen LogP contribution in [0.5, 0.6) is 0 Å². The maximum absolute atomic E-state index is 11.6. The highest BCUT2D eigenvalue weighted by Gasteiger charge is 2.22. The van der Waals surface area contributed by atoms with Crippen LogP contribution < -0.4 is 4.90 Å². The summed E-state index contributed by atoms with van der Waals surface area (Å²) in [7, 11) is 0. The molecular formula is C14H21N3O3. The molecule has 1 saturated heterocycles. The number of pyridine rings is 1. The van der Waals surface area contributed by atoms with Crippen molar-refractivity contribution in [3.05, 3.63) is 23.9 Å². The van der Waals surface area contributed by atoms with Crippen LogP contribution >= 0.6 is 0 Å². The van der Waals surface area contributed by atoms with Gasteiger partial charge in [-0.1, -0.05) is 0 Å². The number of rotatable bonds is 3. The first-order valence-corrected chi connectivity index (χ1v) is 6.92. The molecule has 0 spiro atoms. The molecule has 1 aromatic rings. The van der Waals surface area contributed by atoms with E-state index in [1.807, 2.05) is 12.1 Å². The number of ether oxygens (including phenoxy) is 1. The van der Waals surface area contributed by atoms with Crippen molar-refractivity contribution in [1.29, 1.82) is 0 Å². The molecule has 2 heterocycles. The van der Waals surface area contributed by atoms with Crippen LogP contribution in [0.15, 0.2) is 18.3 Å². The molecule has 1 aliphatic rings. The van der Waals surface area contributed by atoms with Crippen LogP contribution in [0.25, 0.3) is 0 Å². The highest BCUT2D eigenvalue weighted by Crippen LogP contribution is 2.19. The molecule has 6 heteroatoms. The average molecular weight is 279 g/mol. The summed E-state index contributed by atoms with van der Waals surface area (Å²) >= 11 is 0. The van der Waals surface area contributed by atoms with Gasteiger partial charge in [-0.05, 0) is 31.5 Å². The lowest BCUT2D eigenvalue weighted by Gasteiger charge is -2.34. The molecular weight excluding hydrogens is 258 g/mol. The number of aliphatic hydroxyl groups is 1. The van der Waals surface area contributed by atoms with E-state index in [0.29, 0.717) is 19.7 Å². The van der Waals surface area contributed by atoms with Gasteiger partial charge in [0.15, 0.2) is 0 Å². The monoisotopic (exact) mass is 279 g/mol. The number of carbonyl (C=O) groups is 1. The number of aromatic nitrogens is 1. The molecule has 6 nitrogen and oxygen atoms in total. The second-order valence-corrected chi connectivity index (χ2v) is 4.80. The molecule has 110 valence electrons. The molecule has 0 bridgehead atoms. The Morgan fingerprint density at radius 3 is 2.75 bits per heavy atom. The maximum Gasteiger partial charge on any atom is 0.409 e. The van der Waals surface area contributed by atoms with Crippen molar-refractivity contribution in [2.75, 3.05) is 37.7 Å². The van der Waals surface area contributed by atoms with Gasteiger partial charge in [-0.3, -0.25) is 0 Å². The normalized spacial score (nSPS) is 16.9. The van der Waals surface area contributed by atoms with Crippen LogP contribution in [-0.2, 0) is 4.74 Å². The van der Waals surface area contributed by atoms with Gasteiger partial charge in [-0.25, -0.2) is 9.78 Å². The van der Waals surface area contributed by atoms with E-state index in [1.165, 1.54) is 0 Å². The lowest BCUT2D eigenvalue weighted by atomic mass is 10.1. The largest absolute Gasteiger partial charge is 0.450 e. The van der Waals surface area contributed by atoms with E-state index in [2.05, 4.69) is 9.88 Å². The topological polar surface area (TPSA) is 65.9 Å². The van der Waals surface area contributed by atoms with Crippen molar-refractivity contribution in [3.8, 4) is 0 Å². The zero-order chi connectivity index (χ0) is 14.5. The number of amides is 1. The Kier molecular flexibility index (Phi) is 4.79. The molecule has 2 rings (SSSR count). The zero-order valence-electron chi connectivity index (χ0n) is 12.0. The summed E-state index contributed by atoms with van der Waals surface area (Å²) in [6.07, 6.45) is 0.949. The van der Waals surface area contributed by atoms with Gasteiger partial charge in [-0.15, -0.1) is 0 Å². The lowest BCUT2D eigenvalue weighted by molar-refractivity contribution is 0.105. The van der Waals surface area contributed by atoms with Crippen molar-refractivity contribution >= 4 is 11.9 Å². The van der Waals surface area contributed by atoms with Gasteiger partial charge < -0.3 is 19.6 Å². The van der Waals surface area contributed by atoms with E-state index < -0.39 is 6.10 Å². The third-order valence-electron chi connectivity index (χ3n) is 3.38. The van der Waals surface area contributed by atoms with Gasteiger partial charge in [0.05, 0.1) is 12.7 Å². The molecule has 0 aliphatic carbocycles. The smallest absolute Gasteiger partial charge is 0.409 e. The first kappa shape index (κ1) is 14.6. The van der Waals surface area contributed by atoms with Crippen molar-refractivity contribution in [2.45, 2.75) is 20.0 Å². The number of aliphatic hydroxyl groups excluding tert-OH is 1. The fourth-order valence-corrected chi connectivity index (χ4v) is 2.20. The molecule has 1 aliphatic heterocycles. The first-order valence-electron chi connectivity index (χ1n) is 6.92. The summed E-state index contributed by atoms with van der Waals surface area (Å²) in [6, 6.07) is 3.70. The van der Waals surface area contributed by atoms with Gasteiger partial charge >= 0.3 is 6.09 Å². The van der Waals surface area contributed by atoms with E-state index in [0.717, 1.165) is 24.5 Å². The van der Waals surface area contributed by atoms with E-state index in [-0.39, 0.29) is 6.09 Å². The quantitative estimate of drug-likeness (QED) is 0.906. The highest BCUT2D eigenvalue weighted by molar-refractivity contribution is 5.68. The lowest BCUT2D eigenvalue weighted by Crippen LogP contribution is -2.49. The standard InChI is InChI=1S/C14H21N3O3/c1-3-20-14(19)17-8-6-16(7-9-17)13-10-12(11(2)18)4-5-15-13/h4-5,10-11,18H,3,6-9H2,1-2H3. The van der Waals surface area contributed by atoms with E-state index in [1.54, 1.807) is 24.9 Å². The second-order valence-electron chi connectivity index (χ2n) is 4.80. The van der Waals surface area contributed by atoms with Crippen LogP contribution in [0.1, 0.15) is 25.5 Å². The fraction of sp³-hybridized carbons (Fsp3) is 0.571. The Labute approximate surface area is 119 Å². The van der Waals surface area contributed by atoms with E-state index >= 15 is 0 Å². The molecule has 20 heavy (non-hydrogen) atoms. The number of piperazine rings is 1. The van der Waals surface area contributed by atoms with Gasteiger partial charge in [0.2, 0.25) is 0 Å². The van der Waals surface area contributed by atoms with Crippen molar-refractivity contribution in [3.63, 3.8) is 0 Å². The van der Waals surface area contributed by atoms with Crippen molar-refractivity contribution in [2.24, 2.45) is 0 Å². The molecule has 1 aromatic heterocycles. The Bertz CT molecular complexity index is 457. The minimum atomic E-state index is -0.502. The van der Waals surface area contributed by atoms with E-state index in [4.69, 9.17) is 4.74 Å². The molecule has 1 atom stereocenters. The highest BCUT2D eigenvalue weighted by atomic mass is 16.6. The number of anilines is 1. The van der Waals surface area contributed by atoms with Gasteiger partial charge in [-0.2, -0.15) is 0 Å². The molecule has 1 N–H and O–H groups in total. The predicted molar refractivity (Wildman–Crippen MR) is 75.7 cm³/mol. The summed E-state index contributed by atoms with van der Waals surface area (Å²) in [6.45, 7) is 6.62. The van der Waals surface area contributed by atoms with E-state index in [9.17, 15) is 9.90 Å². The third kappa shape index (κ3) is 3.39. The second kappa shape index (κ2) is 6.56. The maximum atomic E-state index is 11.6. The van der Waals surface area contributed by atoms with Gasteiger partial charge in [0, 0.05) is 32.4 Å². The molecule has 0 saturated carbocycles. The van der Waals surface area contributed by atoms with Gasteiger partial charge in [0.25, 0.3) is 0 Å². The zero-order valence-corrected chi connectivity index (χ0v) is 12.0. The first-order chi connectivity index (χ1) is 9.61. The van der Waals surface area contributed by atoms with Crippen LogP contribution in [0, 0.1) is 0 Å². The minimum absolute atomic E-state index is 0.252. The Morgan fingerprint density at radius 2 is 2.15 bits per heavy atom. The Hall–Kier alpha value is -1.82. The molecule has 1 amide bonds. The number of nitrogens with zero attached hydrogens (tertiary/aromatic N) is 3. The van der Waals surface area contributed by atoms with Crippen LogP contribution in [0.3, 0.4) is 0 Å². The summed E-state index contributed by atoms with van der Waals surface area (Å²) in [5.74, 6) is 0.840. The summed E-state index contributed by atoms with van der Waals surface area (Å²) in [5.41, 5.74) is 0.850. The molecule has 0 aromatic carbocycles. The molecule has 1 unspecified atom stereocenters. The number of hydrogen-bond acceptors (Lipinski definition) is 5. The summed E-state index contributed by atoms with van der Waals surface area (Å²) in [5, 5.41) is 9.60. The Balaban J connectivity index is 1.97. The van der Waals surface area contributed by atoms with Crippen LogP contribution in [0.4, 0.5) is 10.6 Å².